The second-order valence-electron chi connectivity index (χ2n) is 9.74. The van der Waals surface area contributed by atoms with Gasteiger partial charge >= 0.3 is 17.9 Å². The Kier molecular flexibility index (Phi) is 12.4. The average Bonchev–Trinajstić information content (AvgIpc) is 2.96. The van der Waals surface area contributed by atoms with Crippen LogP contribution in [-0.2, 0) is 19.1 Å². The van der Waals surface area contributed by atoms with Gasteiger partial charge in [0.05, 0.1) is 30.0 Å². The third-order valence-corrected chi connectivity index (χ3v) is 6.48. The Labute approximate surface area is 235 Å². The Bertz CT molecular complexity index is 1130. The molecule has 8 nitrogen and oxygen atoms in total. The zero-order chi connectivity index (χ0) is 28.7. The van der Waals surface area contributed by atoms with E-state index in [4.69, 9.17) is 23.7 Å². The number of hydrogen-bond donors (Lipinski definition) is 0. The van der Waals surface area contributed by atoms with Crippen molar-refractivity contribution in [3.8, 4) is 17.2 Å². The smallest absolute Gasteiger partial charge is 0.343 e. The van der Waals surface area contributed by atoms with E-state index in [1.54, 1.807) is 24.3 Å². The molecule has 2 aromatic carbocycles. The number of hydrogen-bond acceptors (Lipinski definition) is 8. The second kappa shape index (κ2) is 16.3. The average molecular weight is 551 g/mol. The zero-order valence-corrected chi connectivity index (χ0v) is 23.1. The molecule has 0 saturated heterocycles. The molecule has 0 unspecified atom stereocenters. The van der Waals surface area contributed by atoms with E-state index in [9.17, 15) is 14.4 Å². The lowest BCUT2D eigenvalue weighted by molar-refractivity contribution is -0.141. The van der Waals surface area contributed by atoms with Gasteiger partial charge in [0.15, 0.2) is 0 Å². The minimum atomic E-state index is -0.586. The highest BCUT2D eigenvalue weighted by Crippen LogP contribution is 2.29. The van der Waals surface area contributed by atoms with E-state index in [1.165, 1.54) is 24.3 Å². The van der Waals surface area contributed by atoms with Crippen molar-refractivity contribution in [2.75, 3.05) is 13.2 Å². The Morgan fingerprint density at radius 1 is 0.775 bits per heavy atom. The summed E-state index contributed by atoms with van der Waals surface area (Å²) in [6, 6.07) is 12.3. The van der Waals surface area contributed by atoms with E-state index in [2.05, 4.69) is 13.2 Å². The van der Waals surface area contributed by atoms with Gasteiger partial charge in [-0.1, -0.05) is 19.6 Å². The van der Waals surface area contributed by atoms with E-state index >= 15 is 0 Å². The maximum Gasteiger partial charge on any atom is 0.343 e. The maximum atomic E-state index is 12.7. The number of carbonyl (C=O) groups is 3. The number of unbranched alkanes of at least 4 members (excludes halogenated alkanes) is 3. The molecule has 214 valence electrons. The summed E-state index contributed by atoms with van der Waals surface area (Å²) in [6.07, 6.45) is 8.70. The fourth-order valence-corrected chi connectivity index (χ4v) is 4.28. The van der Waals surface area contributed by atoms with Crippen molar-refractivity contribution in [2.45, 2.75) is 64.4 Å². The lowest BCUT2D eigenvalue weighted by Gasteiger charge is -2.27. The molecular formula is C32H38O8. The summed E-state index contributed by atoms with van der Waals surface area (Å²) in [5.41, 5.74) is 0.290. The van der Waals surface area contributed by atoms with Crippen LogP contribution in [0.1, 0.15) is 68.6 Å². The molecule has 0 amide bonds. The van der Waals surface area contributed by atoms with Crippen LogP contribution in [0.4, 0.5) is 0 Å². The van der Waals surface area contributed by atoms with Gasteiger partial charge in [0.2, 0.25) is 0 Å². The lowest BCUT2D eigenvalue weighted by atomic mass is 9.87. The highest BCUT2D eigenvalue weighted by atomic mass is 16.5. The largest absolute Gasteiger partial charge is 0.499 e. The van der Waals surface area contributed by atoms with Crippen molar-refractivity contribution in [1.82, 2.24) is 0 Å². The number of ether oxygens (including phenoxy) is 5. The van der Waals surface area contributed by atoms with E-state index in [-0.39, 0.29) is 23.6 Å². The van der Waals surface area contributed by atoms with Crippen LogP contribution >= 0.6 is 0 Å². The third kappa shape index (κ3) is 10.7. The topological polar surface area (TPSA) is 97.4 Å². The van der Waals surface area contributed by atoms with Crippen molar-refractivity contribution in [3.63, 3.8) is 0 Å². The zero-order valence-electron chi connectivity index (χ0n) is 23.1. The SMILES string of the molecule is C=CC(=O)Oc1ccc(C(=O)Oc2ccc(OC(=O)C3CCC(OCCCCCCOC(=C)C)CC3)cc2)cc1. The summed E-state index contributed by atoms with van der Waals surface area (Å²) in [5, 5.41) is 0. The monoisotopic (exact) mass is 550 g/mol. The van der Waals surface area contributed by atoms with Gasteiger partial charge < -0.3 is 23.7 Å². The Hall–Kier alpha value is -3.91. The summed E-state index contributed by atoms with van der Waals surface area (Å²) in [7, 11) is 0. The first-order valence-electron chi connectivity index (χ1n) is 13.7. The molecular weight excluding hydrogens is 512 g/mol. The van der Waals surface area contributed by atoms with Crippen LogP contribution in [0, 0.1) is 5.92 Å². The Morgan fingerprint density at radius 2 is 1.32 bits per heavy atom. The van der Waals surface area contributed by atoms with Crippen LogP contribution < -0.4 is 14.2 Å². The highest BCUT2D eigenvalue weighted by Gasteiger charge is 2.28. The number of carbonyl (C=O) groups excluding carboxylic acids is 3. The van der Waals surface area contributed by atoms with Crippen molar-refractivity contribution in [1.29, 1.82) is 0 Å². The molecule has 0 atom stereocenters. The van der Waals surface area contributed by atoms with Gasteiger partial charge in [0.1, 0.15) is 17.2 Å². The molecule has 0 spiro atoms. The van der Waals surface area contributed by atoms with E-state index in [0.29, 0.717) is 17.2 Å². The minimum absolute atomic E-state index is 0.153. The lowest BCUT2D eigenvalue weighted by Crippen LogP contribution is -2.29. The summed E-state index contributed by atoms with van der Waals surface area (Å²) in [6.45, 7) is 10.4. The molecule has 2 aromatic rings. The number of benzene rings is 2. The maximum absolute atomic E-state index is 12.7. The molecule has 0 aliphatic heterocycles. The van der Waals surface area contributed by atoms with E-state index < -0.39 is 11.9 Å². The summed E-state index contributed by atoms with van der Waals surface area (Å²) in [4.78, 5) is 36.3. The van der Waals surface area contributed by atoms with Crippen LogP contribution in [0.15, 0.2) is 73.5 Å². The molecule has 3 rings (SSSR count). The van der Waals surface area contributed by atoms with Crippen molar-refractivity contribution in [2.24, 2.45) is 5.92 Å². The minimum Gasteiger partial charge on any atom is -0.499 e. The normalized spacial score (nSPS) is 16.4. The first kappa shape index (κ1) is 30.6. The first-order valence-corrected chi connectivity index (χ1v) is 13.7. The van der Waals surface area contributed by atoms with Crippen LogP contribution in [0.25, 0.3) is 0 Å². The Balaban J connectivity index is 1.33. The number of rotatable bonds is 15. The Morgan fingerprint density at radius 3 is 1.93 bits per heavy atom. The van der Waals surface area contributed by atoms with Crippen LogP contribution in [0.3, 0.4) is 0 Å². The fraction of sp³-hybridized carbons (Fsp3) is 0.406. The van der Waals surface area contributed by atoms with Gasteiger partial charge in [-0.2, -0.15) is 0 Å². The molecule has 1 aliphatic rings. The van der Waals surface area contributed by atoms with Crippen molar-refractivity contribution < 1.29 is 38.1 Å². The standard InChI is InChI=1S/C32H38O8/c1-4-30(33)38-27-15-11-25(12-16-27)32(35)40-29-19-17-28(18-20-29)39-31(34)24-9-13-26(14-10-24)37-22-8-6-5-7-21-36-23(2)3/h4,11-12,15-20,24,26H,1-2,5-10,13-14,21-22H2,3H3. The summed E-state index contributed by atoms with van der Waals surface area (Å²) < 4.78 is 27.3. The predicted molar refractivity (Wildman–Crippen MR) is 150 cm³/mol. The molecule has 1 aliphatic carbocycles. The number of esters is 3. The molecule has 0 heterocycles. The predicted octanol–water partition coefficient (Wildman–Crippen LogP) is 6.59. The van der Waals surface area contributed by atoms with E-state index in [1.807, 2.05) is 6.92 Å². The van der Waals surface area contributed by atoms with Crippen molar-refractivity contribution >= 4 is 17.9 Å². The molecule has 1 saturated carbocycles. The summed E-state index contributed by atoms with van der Waals surface area (Å²) in [5.74, 6) is 0.193. The molecule has 8 heteroatoms. The van der Waals surface area contributed by atoms with Crippen LogP contribution in [0.5, 0.6) is 17.2 Å². The molecule has 0 aromatic heterocycles. The highest BCUT2D eigenvalue weighted by molar-refractivity contribution is 5.91. The second-order valence-corrected chi connectivity index (χ2v) is 9.74. The first-order chi connectivity index (χ1) is 19.3. The molecule has 0 radical (unpaired) electrons. The molecule has 0 N–H and O–H groups in total. The molecule has 1 fully saturated rings. The number of allylic oxidation sites excluding steroid dienone is 1. The van der Waals surface area contributed by atoms with Gasteiger partial charge in [-0.25, -0.2) is 9.59 Å². The molecule has 0 bridgehead atoms. The van der Waals surface area contributed by atoms with Crippen molar-refractivity contribution in [3.05, 3.63) is 79.1 Å². The van der Waals surface area contributed by atoms with Crippen LogP contribution in [-0.4, -0.2) is 37.2 Å². The van der Waals surface area contributed by atoms with Gasteiger partial charge in [0.25, 0.3) is 0 Å². The van der Waals surface area contributed by atoms with E-state index in [0.717, 1.165) is 76.4 Å². The van der Waals surface area contributed by atoms with Gasteiger partial charge in [0, 0.05) is 12.7 Å². The van der Waals surface area contributed by atoms with Crippen LogP contribution in [0.2, 0.25) is 0 Å². The van der Waals surface area contributed by atoms with Gasteiger partial charge in [-0.05, 0) is 100 Å². The van der Waals surface area contributed by atoms with Gasteiger partial charge in [-0.3, -0.25) is 4.79 Å². The summed E-state index contributed by atoms with van der Waals surface area (Å²) >= 11 is 0. The fourth-order valence-electron chi connectivity index (χ4n) is 4.28. The third-order valence-electron chi connectivity index (χ3n) is 6.48. The molecule has 40 heavy (non-hydrogen) atoms. The van der Waals surface area contributed by atoms with Gasteiger partial charge in [-0.15, -0.1) is 0 Å². The quantitative estimate of drug-likeness (QED) is 0.0806.